The van der Waals surface area contributed by atoms with E-state index in [0.29, 0.717) is 17.9 Å². The van der Waals surface area contributed by atoms with Crippen LogP contribution in [0.2, 0.25) is 0 Å². The highest BCUT2D eigenvalue weighted by Gasteiger charge is 2.13. The Balaban J connectivity index is 2.36. The molecule has 1 heterocycles. The first kappa shape index (κ1) is 14.1. The van der Waals surface area contributed by atoms with E-state index < -0.39 is 0 Å². The van der Waals surface area contributed by atoms with Crippen molar-refractivity contribution in [3.05, 3.63) is 40.3 Å². The zero-order valence-electron chi connectivity index (χ0n) is 11.3. The first-order valence-corrected chi connectivity index (χ1v) is 6.84. The van der Waals surface area contributed by atoms with Gasteiger partial charge in [-0.15, -0.1) is 11.3 Å². The van der Waals surface area contributed by atoms with Gasteiger partial charge in [-0.25, -0.2) is 4.98 Å². The van der Waals surface area contributed by atoms with Crippen LogP contribution in [-0.4, -0.2) is 30.2 Å². The Morgan fingerprint density at radius 1 is 1.55 bits per heavy atom. The molecule has 0 saturated carbocycles. The molecule has 0 atom stereocenters. The lowest BCUT2D eigenvalue weighted by Gasteiger charge is -2.22. The number of nitrogens with two attached hydrogens (primary N) is 1. The molecule has 2 rings (SSSR count). The summed E-state index contributed by atoms with van der Waals surface area (Å²) in [6, 6.07) is 5.38. The minimum absolute atomic E-state index is 0.0628. The molecule has 0 fully saturated rings. The van der Waals surface area contributed by atoms with Crippen LogP contribution in [0, 0.1) is 0 Å². The van der Waals surface area contributed by atoms with Crippen LogP contribution in [0.4, 0.5) is 5.69 Å². The summed E-state index contributed by atoms with van der Waals surface area (Å²) in [5, 5.41) is 13.9. The quantitative estimate of drug-likeness (QED) is 0.380. The van der Waals surface area contributed by atoms with Crippen molar-refractivity contribution in [2.24, 2.45) is 10.9 Å². The summed E-state index contributed by atoms with van der Waals surface area (Å²) in [7, 11) is 3.52. The second-order valence-corrected chi connectivity index (χ2v) is 4.92. The van der Waals surface area contributed by atoms with Gasteiger partial charge in [0.05, 0.1) is 30.5 Å². The zero-order valence-corrected chi connectivity index (χ0v) is 12.1. The minimum Gasteiger partial charge on any atom is -0.497 e. The van der Waals surface area contributed by atoms with Crippen molar-refractivity contribution in [3.63, 3.8) is 0 Å². The minimum atomic E-state index is 0.0628. The largest absolute Gasteiger partial charge is 0.497 e. The van der Waals surface area contributed by atoms with E-state index in [-0.39, 0.29) is 5.84 Å². The third kappa shape index (κ3) is 3.00. The number of rotatable bonds is 5. The Bertz CT molecular complexity index is 598. The number of hydrogen-bond acceptors (Lipinski definition) is 6. The first-order valence-electron chi connectivity index (χ1n) is 5.90. The highest BCUT2D eigenvalue weighted by atomic mass is 32.1. The maximum atomic E-state index is 8.88. The zero-order chi connectivity index (χ0) is 14.5. The number of methoxy groups -OCH3 is 1. The molecule has 7 heteroatoms. The van der Waals surface area contributed by atoms with E-state index in [1.165, 1.54) is 0 Å². The molecular weight excluding hydrogens is 276 g/mol. The molecule has 0 aliphatic rings. The molecule has 1 aromatic carbocycles. The number of aromatic nitrogens is 1. The number of anilines is 1. The maximum absolute atomic E-state index is 8.88. The number of ether oxygens (including phenoxy) is 1. The molecule has 0 saturated heterocycles. The lowest BCUT2D eigenvalue weighted by atomic mass is 10.1. The van der Waals surface area contributed by atoms with Gasteiger partial charge in [0.2, 0.25) is 0 Å². The van der Waals surface area contributed by atoms with Crippen molar-refractivity contribution < 1.29 is 9.94 Å². The Morgan fingerprint density at radius 2 is 2.35 bits per heavy atom. The van der Waals surface area contributed by atoms with E-state index in [9.17, 15) is 0 Å². The van der Waals surface area contributed by atoms with Gasteiger partial charge in [0.25, 0.3) is 0 Å². The summed E-state index contributed by atoms with van der Waals surface area (Å²) in [5.74, 6) is 0.771. The Morgan fingerprint density at radius 3 is 2.95 bits per heavy atom. The van der Waals surface area contributed by atoms with Crippen LogP contribution in [-0.2, 0) is 6.54 Å². The molecule has 0 amide bonds. The molecule has 3 N–H and O–H groups in total. The summed E-state index contributed by atoms with van der Waals surface area (Å²) < 4.78 is 5.23. The number of amidine groups is 1. The smallest absolute Gasteiger partial charge is 0.172 e. The van der Waals surface area contributed by atoms with Crippen LogP contribution in [0.15, 0.2) is 34.2 Å². The molecule has 0 bridgehead atoms. The number of thiazole rings is 1. The standard InChI is InChI=1S/C13H16N4O2S/c1-17(6-9-7-20-8-15-9)12-5-10(19-2)3-4-11(12)13(14)16-18/h3-5,7-8,18H,6H2,1-2H3,(H2,14,16). The van der Waals surface area contributed by atoms with E-state index >= 15 is 0 Å². The fourth-order valence-electron chi connectivity index (χ4n) is 1.87. The molecule has 0 aliphatic carbocycles. The summed E-state index contributed by atoms with van der Waals surface area (Å²) >= 11 is 1.55. The van der Waals surface area contributed by atoms with Crippen molar-refractivity contribution >= 4 is 22.9 Å². The SMILES string of the molecule is COc1ccc(/C(N)=N/O)c(N(C)Cc2cscn2)c1. The van der Waals surface area contributed by atoms with Crippen molar-refractivity contribution in [1.29, 1.82) is 0 Å². The van der Waals surface area contributed by atoms with Crippen molar-refractivity contribution in [1.82, 2.24) is 4.98 Å². The third-order valence-corrected chi connectivity index (χ3v) is 3.52. The Hall–Kier alpha value is -2.28. The van der Waals surface area contributed by atoms with E-state index in [2.05, 4.69) is 10.1 Å². The molecule has 20 heavy (non-hydrogen) atoms. The predicted octanol–water partition coefficient (Wildman–Crippen LogP) is 1.88. The van der Waals surface area contributed by atoms with E-state index in [1.807, 2.05) is 23.4 Å². The summed E-state index contributed by atoms with van der Waals surface area (Å²) in [4.78, 5) is 6.23. The van der Waals surface area contributed by atoms with Crippen LogP contribution >= 0.6 is 11.3 Å². The van der Waals surface area contributed by atoms with Gasteiger partial charge >= 0.3 is 0 Å². The normalized spacial score (nSPS) is 11.4. The van der Waals surface area contributed by atoms with Crippen LogP contribution in [0.5, 0.6) is 5.75 Å². The maximum Gasteiger partial charge on any atom is 0.172 e. The van der Waals surface area contributed by atoms with Gasteiger partial charge in [-0.2, -0.15) is 0 Å². The highest BCUT2D eigenvalue weighted by Crippen LogP contribution is 2.26. The molecule has 106 valence electrons. The number of hydrogen-bond donors (Lipinski definition) is 2. The first-order chi connectivity index (χ1) is 9.65. The summed E-state index contributed by atoms with van der Waals surface area (Å²) in [6.45, 7) is 0.627. The average Bonchev–Trinajstić information content (AvgIpc) is 2.98. The topological polar surface area (TPSA) is 84.0 Å². The van der Waals surface area contributed by atoms with Gasteiger partial charge in [-0.3, -0.25) is 0 Å². The van der Waals surface area contributed by atoms with Crippen LogP contribution in [0.3, 0.4) is 0 Å². The van der Waals surface area contributed by atoms with Crippen molar-refractivity contribution in [2.75, 3.05) is 19.1 Å². The second kappa shape index (κ2) is 6.25. The van der Waals surface area contributed by atoms with Gasteiger partial charge in [-0.05, 0) is 12.1 Å². The highest BCUT2D eigenvalue weighted by molar-refractivity contribution is 7.07. The van der Waals surface area contributed by atoms with Gasteiger partial charge < -0.3 is 20.6 Å². The molecular formula is C13H16N4O2S. The summed E-state index contributed by atoms with van der Waals surface area (Å²) in [5.41, 5.74) is 9.93. The van der Waals surface area contributed by atoms with E-state index in [4.69, 9.17) is 15.7 Å². The lowest BCUT2D eigenvalue weighted by Crippen LogP contribution is -2.22. The molecule has 0 radical (unpaired) electrons. The van der Waals surface area contributed by atoms with E-state index in [0.717, 1.165) is 11.4 Å². The molecule has 6 nitrogen and oxygen atoms in total. The number of benzene rings is 1. The van der Waals surface area contributed by atoms with Crippen LogP contribution in [0.1, 0.15) is 11.3 Å². The molecule has 0 spiro atoms. The molecule has 2 aromatic rings. The third-order valence-electron chi connectivity index (χ3n) is 2.88. The number of oxime groups is 1. The molecule has 0 aliphatic heterocycles. The van der Waals surface area contributed by atoms with Gasteiger partial charge in [0.1, 0.15) is 5.75 Å². The number of nitrogens with zero attached hydrogens (tertiary/aromatic N) is 3. The van der Waals surface area contributed by atoms with Gasteiger partial charge in [0, 0.05) is 24.1 Å². The monoisotopic (exact) mass is 292 g/mol. The Kier molecular flexibility index (Phi) is 4.41. The fourth-order valence-corrected chi connectivity index (χ4v) is 2.42. The van der Waals surface area contributed by atoms with Gasteiger partial charge in [-0.1, -0.05) is 5.16 Å². The van der Waals surface area contributed by atoms with Crippen molar-refractivity contribution in [3.8, 4) is 5.75 Å². The fraction of sp³-hybridized carbons (Fsp3) is 0.231. The second-order valence-electron chi connectivity index (χ2n) is 4.20. The molecule has 0 unspecified atom stereocenters. The van der Waals surface area contributed by atoms with Crippen molar-refractivity contribution in [2.45, 2.75) is 6.54 Å². The van der Waals surface area contributed by atoms with Crippen LogP contribution in [0.25, 0.3) is 0 Å². The molecule has 1 aromatic heterocycles. The summed E-state index contributed by atoms with van der Waals surface area (Å²) in [6.07, 6.45) is 0. The van der Waals surface area contributed by atoms with Crippen LogP contribution < -0.4 is 15.4 Å². The predicted molar refractivity (Wildman–Crippen MR) is 79.7 cm³/mol. The lowest BCUT2D eigenvalue weighted by molar-refractivity contribution is 0.318. The van der Waals surface area contributed by atoms with Gasteiger partial charge in [0.15, 0.2) is 5.84 Å². The average molecular weight is 292 g/mol. The van der Waals surface area contributed by atoms with E-state index in [1.54, 1.807) is 36.1 Å². The Labute approximate surface area is 121 Å².